The molecule has 142 valence electrons. The number of nitrogens with zero attached hydrogens (tertiary/aromatic N) is 6. The van der Waals surface area contributed by atoms with Gasteiger partial charge >= 0.3 is 0 Å². The van der Waals surface area contributed by atoms with E-state index in [4.69, 9.17) is 11.6 Å². The maximum absolute atomic E-state index is 6.11. The molecule has 0 fully saturated rings. The molecule has 0 spiro atoms. The van der Waals surface area contributed by atoms with Gasteiger partial charge in [0.05, 0.1) is 29.5 Å². The summed E-state index contributed by atoms with van der Waals surface area (Å²) in [6, 6.07) is 11.4. The Kier molecular flexibility index (Phi) is 4.63. The summed E-state index contributed by atoms with van der Waals surface area (Å²) in [5.41, 5.74) is 3.50. The quantitative estimate of drug-likeness (QED) is 0.448. The number of anilines is 1. The van der Waals surface area contributed by atoms with Crippen LogP contribution in [0, 0.1) is 0 Å². The van der Waals surface area contributed by atoms with E-state index in [9.17, 15) is 0 Å². The van der Waals surface area contributed by atoms with Crippen molar-refractivity contribution in [3.8, 4) is 16.3 Å². The van der Waals surface area contributed by atoms with Gasteiger partial charge in [-0.05, 0) is 30.3 Å². The third-order valence-corrected chi connectivity index (χ3v) is 5.49. The highest BCUT2D eigenvalue weighted by Gasteiger charge is 2.12. The van der Waals surface area contributed by atoms with Gasteiger partial charge in [-0.2, -0.15) is 5.10 Å². The van der Waals surface area contributed by atoms with Crippen LogP contribution in [0.25, 0.3) is 27.3 Å². The molecule has 0 amide bonds. The first-order chi connectivity index (χ1) is 14.3. The van der Waals surface area contributed by atoms with Crippen LogP contribution in [-0.2, 0) is 6.54 Å². The van der Waals surface area contributed by atoms with Crippen molar-refractivity contribution in [2.75, 3.05) is 5.32 Å². The molecule has 4 aromatic heterocycles. The van der Waals surface area contributed by atoms with E-state index in [1.54, 1.807) is 28.4 Å². The molecule has 5 aromatic rings. The zero-order valence-corrected chi connectivity index (χ0v) is 16.6. The van der Waals surface area contributed by atoms with Gasteiger partial charge in [0, 0.05) is 28.4 Å². The van der Waals surface area contributed by atoms with Gasteiger partial charge in [-0.1, -0.05) is 17.7 Å². The lowest BCUT2D eigenvalue weighted by Gasteiger charge is -2.06. The van der Waals surface area contributed by atoms with Crippen LogP contribution in [0.1, 0.15) is 5.69 Å². The van der Waals surface area contributed by atoms with Crippen LogP contribution in [0.2, 0.25) is 5.02 Å². The van der Waals surface area contributed by atoms with E-state index in [1.165, 1.54) is 6.33 Å². The Bertz CT molecular complexity index is 1280. The summed E-state index contributed by atoms with van der Waals surface area (Å²) in [6.45, 7) is 0.547. The summed E-state index contributed by atoms with van der Waals surface area (Å²) in [7, 11) is 0. The van der Waals surface area contributed by atoms with E-state index in [0.29, 0.717) is 23.0 Å². The summed E-state index contributed by atoms with van der Waals surface area (Å²) < 4.78 is 1.75. The minimum absolute atomic E-state index is 0.547. The SMILES string of the molecule is Clc1cccc(-n2ncc3c(NCc4csc(-c5cccnc5)n4)ncnc32)c1. The molecule has 0 atom stereocenters. The fraction of sp³-hybridized carbons (Fsp3) is 0.0500. The summed E-state index contributed by atoms with van der Waals surface area (Å²) in [4.78, 5) is 17.6. The first-order valence-corrected chi connectivity index (χ1v) is 10.1. The molecule has 0 radical (unpaired) electrons. The minimum atomic E-state index is 0.547. The van der Waals surface area contributed by atoms with Crippen LogP contribution in [0.3, 0.4) is 0 Å². The average molecular weight is 420 g/mol. The van der Waals surface area contributed by atoms with Crippen LogP contribution in [-0.4, -0.2) is 29.7 Å². The van der Waals surface area contributed by atoms with E-state index < -0.39 is 0 Å². The minimum Gasteiger partial charge on any atom is -0.364 e. The Morgan fingerprint density at radius 3 is 2.93 bits per heavy atom. The zero-order valence-electron chi connectivity index (χ0n) is 15.0. The van der Waals surface area contributed by atoms with Crippen LogP contribution in [0.5, 0.6) is 0 Å². The first-order valence-electron chi connectivity index (χ1n) is 8.81. The number of hydrogen-bond acceptors (Lipinski definition) is 7. The molecule has 0 unspecified atom stereocenters. The van der Waals surface area contributed by atoms with Gasteiger partial charge in [-0.25, -0.2) is 19.6 Å². The monoisotopic (exact) mass is 419 g/mol. The third-order valence-electron chi connectivity index (χ3n) is 4.32. The molecule has 0 aliphatic carbocycles. The number of aromatic nitrogens is 6. The molecule has 0 saturated heterocycles. The summed E-state index contributed by atoms with van der Waals surface area (Å²) in [5.74, 6) is 0.708. The standard InChI is InChI=1S/C20H14ClN7S/c21-14-4-1-5-16(7-14)28-19-17(10-26-28)18(24-12-25-19)23-9-15-11-29-20(27-15)13-3-2-6-22-8-13/h1-8,10-12H,9H2,(H,23,24,25). The van der Waals surface area contributed by atoms with E-state index in [0.717, 1.165) is 27.3 Å². The molecule has 7 nitrogen and oxygen atoms in total. The lowest BCUT2D eigenvalue weighted by molar-refractivity contribution is 0.895. The van der Waals surface area contributed by atoms with Crippen LogP contribution < -0.4 is 5.32 Å². The highest BCUT2D eigenvalue weighted by atomic mass is 35.5. The van der Waals surface area contributed by atoms with Crippen molar-refractivity contribution in [3.63, 3.8) is 0 Å². The predicted molar refractivity (Wildman–Crippen MR) is 114 cm³/mol. The van der Waals surface area contributed by atoms with Crippen LogP contribution in [0.4, 0.5) is 5.82 Å². The Morgan fingerprint density at radius 2 is 2.07 bits per heavy atom. The molecule has 0 bridgehead atoms. The molecule has 0 saturated carbocycles. The Labute approximate surface area is 175 Å². The van der Waals surface area contributed by atoms with Gasteiger partial charge < -0.3 is 5.32 Å². The fourth-order valence-corrected chi connectivity index (χ4v) is 3.96. The second-order valence-corrected chi connectivity index (χ2v) is 7.53. The highest BCUT2D eigenvalue weighted by Crippen LogP contribution is 2.25. The van der Waals surface area contributed by atoms with Gasteiger partial charge in [0.1, 0.15) is 17.2 Å². The fourth-order valence-electron chi connectivity index (χ4n) is 2.97. The second kappa shape index (κ2) is 7.57. The summed E-state index contributed by atoms with van der Waals surface area (Å²) in [6.07, 6.45) is 6.84. The number of thiazole rings is 1. The van der Waals surface area contributed by atoms with Crippen molar-refractivity contribution >= 4 is 39.8 Å². The molecule has 5 rings (SSSR count). The largest absolute Gasteiger partial charge is 0.364 e. The molecule has 4 heterocycles. The van der Waals surface area contributed by atoms with Crippen molar-refractivity contribution in [1.29, 1.82) is 0 Å². The molecule has 1 aromatic carbocycles. The molecule has 9 heteroatoms. The van der Waals surface area contributed by atoms with Gasteiger partial charge in [0.2, 0.25) is 0 Å². The van der Waals surface area contributed by atoms with Crippen LogP contribution >= 0.6 is 22.9 Å². The van der Waals surface area contributed by atoms with E-state index in [-0.39, 0.29) is 0 Å². The maximum Gasteiger partial charge on any atom is 0.168 e. The topological polar surface area (TPSA) is 81.4 Å². The van der Waals surface area contributed by atoms with Gasteiger partial charge in [0.15, 0.2) is 5.65 Å². The first kappa shape index (κ1) is 17.7. The van der Waals surface area contributed by atoms with Gasteiger partial charge in [-0.3, -0.25) is 4.98 Å². The number of halogens is 1. The van der Waals surface area contributed by atoms with Gasteiger partial charge in [-0.15, -0.1) is 11.3 Å². The number of fused-ring (bicyclic) bond motifs is 1. The molecule has 0 aliphatic rings. The Morgan fingerprint density at radius 1 is 1.10 bits per heavy atom. The number of rotatable bonds is 5. The zero-order chi connectivity index (χ0) is 19.6. The number of nitrogens with one attached hydrogen (secondary N) is 1. The Hall–Kier alpha value is -3.36. The lowest BCUT2D eigenvalue weighted by atomic mass is 10.3. The molecule has 1 N–H and O–H groups in total. The predicted octanol–water partition coefficient (Wildman–Crippen LogP) is 4.60. The highest BCUT2D eigenvalue weighted by molar-refractivity contribution is 7.13. The maximum atomic E-state index is 6.11. The molecular formula is C20H14ClN7S. The lowest BCUT2D eigenvalue weighted by Crippen LogP contribution is -2.03. The van der Waals surface area contributed by atoms with Gasteiger partial charge in [0.25, 0.3) is 0 Å². The van der Waals surface area contributed by atoms with Crippen molar-refractivity contribution in [2.24, 2.45) is 0 Å². The number of pyridine rings is 1. The smallest absolute Gasteiger partial charge is 0.168 e. The van der Waals surface area contributed by atoms with Crippen molar-refractivity contribution in [1.82, 2.24) is 29.7 Å². The van der Waals surface area contributed by atoms with Crippen molar-refractivity contribution < 1.29 is 0 Å². The Balaban J connectivity index is 1.40. The van der Waals surface area contributed by atoms with Crippen molar-refractivity contribution in [3.05, 3.63) is 77.4 Å². The van der Waals surface area contributed by atoms with E-state index in [2.05, 4.69) is 30.4 Å². The summed E-state index contributed by atoms with van der Waals surface area (Å²) >= 11 is 7.70. The van der Waals surface area contributed by atoms with E-state index >= 15 is 0 Å². The van der Waals surface area contributed by atoms with Crippen LogP contribution in [0.15, 0.2) is 66.7 Å². The van der Waals surface area contributed by atoms with Crippen molar-refractivity contribution in [2.45, 2.75) is 6.54 Å². The second-order valence-electron chi connectivity index (χ2n) is 6.24. The summed E-state index contributed by atoms with van der Waals surface area (Å²) in [5, 5.41) is 12.2. The number of hydrogen-bond donors (Lipinski definition) is 1. The average Bonchev–Trinajstić information content (AvgIpc) is 3.40. The molecule has 29 heavy (non-hydrogen) atoms. The normalized spacial score (nSPS) is 11.1. The number of benzene rings is 1. The molecular weight excluding hydrogens is 406 g/mol. The third kappa shape index (κ3) is 3.55. The van der Waals surface area contributed by atoms with E-state index in [1.807, 2.05) is 48.0 Å². The molecule has 0 aliphatic heterocycles.